The number of nitrogens with zero attached hydrogens (tertiary/aromatic N) is 1. The molecule has 200 valence electrons. The number of hydrogen-bond acceptors (Lipinski definition) is 6. The van der Waals surface area contributed by atoms with E-state index in [1.807, 2.05) is 0 Å². The first-order chi connectivity index (χ1) is 18.0. The molecular formula is C26H24F4N4O4. The number of amides is 1. The molecule has 8 nitrogen and oxygen atoms in total. The zero-order valence-corrected chi connectivity index (χ0v) is 20.2. The van der Waals surface area contributed by atoms with Crippen molar-refractivity contribution in [2.75, 3.05) is 18.5 Å². The summed E-state index contributed by atoms with van der Waals surface area (Å²) in [6, 6.07) is 8.68. The normalized spacial score (nSPS) is 17.3. The molecule has 3 aromatic rings. The molecular weight excluding hydrogens is 508 g/mol. The van der Waals surface area contributed by atoms with E-state index >= 15 is 0 Å². The highest BCUT2D eigenvalue weighted by atomic mass is 19.4. The van der Waals surface area contributed by atoms with Crippen molar-refractivity contribution in [3.63, 3.8) is 0 Å². The van der Waals surface area contributed by atoms with Crippen LogP contribution in [0, 0.1) is 18.2 Å². The van der Waals surface area contributed by atoms with Gasteiger partial charge < -0.3 is 15.4 Å². The summed E-state index contributed by atoms with van der Waals surface area (Å²) in [5.74, 6) is -1.71. The first-order valence-electron chi connectivity index (χ1n) is 11.6. The molecule has 4 rings (SSSR count). The number of benzene rings is 2. The number of aryl methyl sites for hydroxylation is 1. The number of ketones is 1. The molecule has 1 amide bonds. The van der Waals surface area contributed by atoms with E-state index < -0.39 is 40.2 Å². The number of ether oxygens (including phenoxy) is 1. The van der Waals surface area contributed by atoms with E-state index in [-0.39, 0.29) is 55.1 Å². The number of hydrogen-bond donors (Lipinski definition) is 3. The minimum Gasteiger partial charge on any atom is -0.380 e. The molecule has 1 atom stereocenters. The minimum absolute atomic E-state index is 0.0232. The van der Waals surface area contributed by atoms with Crippen LogP contribution in [0.1, 0.15) is 39.9 Å². The average Bonchev–Trinajstić information content (AvgIpc) is 3.33. The number of halogens is 4. The van der Waals surface area contributed by atoms with Crippen LogP contribution in [-0.4, -0.2) is 35.1 Å². The van der Waals surface area contributed by atoms with Crippen LogP contribution in [0.2, 0.25) is 0 Å². The predicted octanol–water partition coefficient (Wildman–Crippen LogP) is 4.28. The third-order valence-corrected chi connectivity index (χ3v) is 6.32. The first kappa shape index (κ1) is 27.0. The lowest BCUT2D eigenvalue weighted by Crippen LogP contribution is -2.43. The molecule has 12 heteroatoms. The van der Waals surface area contributed by atoms with Gasteiger partial charge in [0.2, 0.25) is 5.91 Å². The van der Waals surface area contributed by atoms with Crippen LogP contribution >= 0.6 is 0 Å². The Hall–Kier alpha value is -4.06. The van der Waals surface area contributed by atoms with Gasteiger partial charge in [-0.25, -0.2) is 9.49 Å². The zero-order chi connectivity index (χ0) is 27.5. The second kappa shape index (κ2) is 10.7. The molecule has 1 aliphatic rings. The van der Waals surface area contributed by atoms with Crippen molar-refractivity contribution in [3.05, 3.63) is 87.1 Å². The summed E-state index contributed by atoms with van der Waals surface area (Å²) in [4.78, 5) is 37.3. The van der Waals surface area contributed by atoms with E-state index in [0.29, 0.717) is 5.56 Å². The molecule has 0 saturated carbocycles. The molecule has 0 radical (unpaired) electrons. The van der Waals surface area contributed by atoms with Crippen molar-refractivity contribution in [2.24, 2.45) is 5.41 Å². The number of carbonyl (C=O) groups is 2. The van der Waals surface area contributed by atoms with Crippen LogP contribution in [0.4, 0.5) is 28.9 Å². The molecule has 0 spiro atoms. The van der Waals surface area contributed by atoms with Crippen molar-refractivity contribution < 1.29 is 31.9 Å². The van der Waals surface area contributed by atoms with E-state index in [1.165, 1.54) is 30.5 Å². The number of H-pyrrole nitrogens is 1. The van der Waals surface area contributed by atoms with Crippen LogP contribution < -0.4 is 16.2 Å². The van der Waals surface area contributed by atoms with Crippen LogP contribution in [0.3, 0.4) is 0 Å². The fourth-order valence-corrected chi connectivity index (χ4v) is 4.23. The first-order valence-corrected chi connectivity index (χ1v) is 11.6. The molecule has 3 N–H and O–H groups in total. The highest BCUT2D eigenvalue weighted by Crippen LogP contribution is 2.37. The van der Waals surface area contributed by atoms with Crippen molar-refractivity contribution in [1.29, 1.82) is 0 Å². The van der Waals surface area contributed by atoms with Crippen molar-refractivity contribution in [2.45, 2.75) is 32.5 Å². The third-order valence-electron chi connectivity index (χ3n) is 6.32. The smallest absolute Gasteiger partial charge is 0.380 e. The summed E-state index contributed by atoms with van der Waals surface area (Å²) >= 11 is 0. The summed E-state index contributed by atoms with van der Waals surface area (Å²) in [6.45, 7) is 1.55. The number of anilines is 2. The van der Waals surface area contributed by atoms with E-state index in [1.54, 1.807) is 6.92 Å². The molecule has 1 aliphatic heterocycles. The van der Waals surface area contributed by atoms with Gasteiger partial charge in [-0.1, -0.05) is 17.7 Å². The number of alkyl halides is 3. The van der Waals surface area contributed by atoms with E-state index in [4.69, 9.17) is 4.74 Å². The Balaban J connectivity index is 1.45. The quantitative estimate of drug-likeness (QED) is 0.295. The van der Waals surface area contributed by atoms with Gasteiger partial charge >= 0.3 is 6.18 Å². The number of nitrogens with one attached hydrogen (secondary N) is 3. The average molecular weight is 532 g/mol. The third kappa shape index (κ3) is 6.08. The number of Topliss-reactive ketones (excluding diaryl/α,β-unsaturated/α-hetero) is 1. The van der Waals surface area contributed by atoms with Gasteiger partial charge in [-0.05, 0) is 37.6 Å². The highest BCUT2D eigenvalue weighted by molar-refractivity contribution is 5.99. The molecule has 0 aliphatic carbocycles. The monoisotopic (exact) mass is 532 g/mol. The Morgan fingerprint density at radius 1 is 1.16 bits per heavy atom. The molecule has 1 fully saturated rings. The summed E-state index contributed by atoms with van der Waals surface area (Å²) < 4.78 is 60.4. The fourth-order valence-electron chi connectivity index (χ4n) is 4.23. The van der Waals surface area contributed by atoms with Gasteiger partial charge in [0.05, 0.1) is 29.5 Å². The lowest BCUT2D eigenvalue weighted by atomic mass is 9.80. The Bertz CT molecular complexity index is 1410. The topological polar surface area (TPSA) is 113 Å². The van der Waals surface area contributed by atoms with Crippen molar-refractivity contribution >= 4 is 23.1 Å². The van der Waals surface area contributed by atoms with E-state index in [0.717, 1.165) is 18.2 Å². The number of aromatic amines is 1. The van der Waals surface area contributed by atoms with Gasteiger partial charge in [-0.2, -0.15) is 18.3 Å². The summed E-state index contributed by atoms with van der Waals surface area (Å²) in [6.07, 6.45) is -3.37. The van der Waals surface area contributed by atoms with Crippen LogP contribution in [0.25, 0.3) is 0 Å². The van der Waals surface area contributed by atoms with Gasteiger partial charge in [0.25, 0.3) is 5.56 Å². The lowest BCUT2D eigenvalue weighted by molar-refractivity contribution is -0.137. The molecule has 1 saturated heterocycles. The Labute approximate surface area is 214 Å². The standard InChI is InChI=1S/C26H24F4N4O4/c1-15-2-5-21(19(8-15)26(28,29)30)33-18-4-3-16(20(27)10-18)12-31-24(37)25(6-7-38-14-25)11-22(35)17-9-23(36)34-32-13-17/h2-5,8-10,13,33H,6-7,11-12,14H2,1H3,(H,31,37)(H,34,36)/t25-/m0/s1. The van der Waals surface area contributed by atoms with Gasteiger partial charge in [-0.3, -0.25) is 14.4 Å². The summed E-state index contributed by atoms with van der Waals surface area (Å²) in [5, 5.41) is 11.0. The van der Waals surface area contributed by atoms with Crippen LogP contribution in [0.15, 0.2) is 53.5 Å². The van der Waals surface area contributed by atoms with E-state index in [2.05, 4.69) is 20.8 Å². The highest BCUT2D eigenvalue weighted by Gasteiger charge is 2.44. The largest absolute Gasteiger partial charge is 0.418 e. The van der Waals surface area contributed by atoms with Gasteiger partial charge in [0, 0.05) is 42.5 Å². The fraction of sp³-hybridized carbons (Fsp3) is 0.308. The second-order valence-electron chi connectivity index (χ2n) is 9.18. The van der Waals surface area contributed by atoms with Crippen LogP contribution in [0.5, 0.6) is 0 Å². The maximum absolute atomic E-state index is 14.8. The maximum Gasteiger partial charge on any atom is 0.418 e. The summed E-state index contributed by atoms with van der Waals surface area (Å²) in [7, 11) is 0. The second-order valence-corrected chi connectivity index (χ2v) is 9.18. The summed E-state index contributed by atoms with van der Waals surface area (Å²) in [5.41, 5.74) is -2.15. The Kier molecular flexibility index (Phi) is 7.63. The Morgan fingerprint density at radius 3 is 2.61 bits per heavy atom. The molecule has 38 heavy (non-hydrogen) atoms. The Morgan fingerprint density at radius 2 is 1.95 bits per heavy atom. The number of carbonyl (C=O) groups excluding carboxylic acids is 2. The van der Waals surface area contributed by atoms with Crippen LogP contribution in [-0.2, 0) is 22.3 Å². The van der Waals surface area contributed by atoms with Crippen molar-refractivity contribution in [3.8, 4) is 0 Å². The maximum atomic E-state index is 14.8. The molecule has 2 aromatic carbocycles. The van der Waals surface area contributed by atoms with Gasteiger partial charge in [0.1, 0.15) is 5.82 Å². The van der Waals surface area contributed by atoms with Gasteiger partial charge in [0.15, 0.2) is 5.78 Å². The number of aromatic nitrogens is 2. The predicted molar refractivity (Wildman–Crippen MR) is 129 cm³/mol. The lowest BCUT2D eigenvalue weighted by Gasteiger charge is -2.25. The molecule has 0 unspecified atom stereocenters. The SMILES string of the molecule is Cc1ccc(Nc2ccc(CNC(=O)[C@]3(CC(=O)c4cn[nH]c(=O)c4)CCOC3)c(F)c2)c(C(F)(F)F)c1. The molecule has 1 aromatic heterocycles. The number of rotatable bonds is 8. The molecule has 2 heterocycles. The molecule has 0 bridgehead atoms. The van der Waals surface area contributed by atoms with Gasteiger partial charge in [-0.15, -0.1) is 0 Å². The zero-order valence-electron chi connectivity index (χ0n) is 20.2. The van der Waals surface area contributed by atoms with Crippen molar-refractivity contribution in [1.82, 2.24) is 15.5 Å². The minimum atomic E-state index is -4.59. The van der Waals surface area contributed by atoms with E-state index in [9.17, 15) is 31.9 Å².